The normalized spacial score (nSPS) is 10.0. The Labute approximate surface area is 122 Å². The summed E-state index contributed by atoms with van der Waals surface area (Å²) in [6.45, 7) is 3.91. The molecule has 0 aliphatic rings. The molecule has 0 saturated heterocycles. The third-order valence-electron chi connectivity index (χ3n) is 3.05. The maximum absolute atomic E-state index is 11.5. The number of nitrogens with one attached hydrogen (secondary N) is 1. The molecule has 1 amide bonds. The van der Waals surface area contributed by atoms with Crippen LogP contribution in [-0.2, 0) is 6.61 Å². The van der Waals surface area contributed by atoms with Gasteiger partial charge in [0.25, 0.3) is 0 Å². The average Bonchev–Trinajstić information content (AvgIpc) is 2.93. The summed E-state index contributed by atoms with van der Waals surface area (Å²) in [6.07, 6.45) is 1.40. The molecular formula is C15H15N3O3. The molecule has 0 atom stereocenters. The summed E-state index contributed by atoms with van der Waals surface area (Å²) in [6, 6.07) is 7.26. The molecule has 1 heterocycles. The highest BCUT2D eigenvalue weighted by molar-refractivity contribution is 5.92. The quantitative estimate of drug-likeness (QED) is 0.508. The summed E-state index contributed by atoms with van der Waals surface area (Å²) in [7, 11) is 0. The second kappa shape index (κ2) is 6.11. The third kappa shape index (κ3) is 3.04. The van der Waals surface area contributed by atoms with Gasteiger partial charge in [0.15, 0.2) is 5.76 Å². The number of hydrazine groups is 1. The van der Waals surface area contributed by atoms with Crippen LogP contribution in [0.5, 0.6) is 5.75 Å². The van der Waals surface area contributed by atoms with Crippen LogP contribution in [0.4, 0.5) is 0 Å². The standard InChI is InChI=1S/C15H15N3O3/c1-9-5-11(7-16)6-10(2)13(9)21-8-12-3-4-20-14(12)15(19)18-17/h3-6H,8,17H2,1-2H3,(H,18,19). The van der Waals surface area contributed by atoms with Crippen LogP contribution in [0.1, 0.15) is 32.8 Å². The topological polar surface area (TPSA) is 101 Å². The zero-order valence-electron chi connectivity index (χ0n) is 11.8. The molecule has 3 N–H and O–H groups in total. The summed E-state index contributed by atoms with van der Waals surface area (Å²) >= 11 is 0. The van der Waals surface area contributed by atoms with Crippen molar-refractivity contribution in [3.63, 3.8) is 0 Å². The number of carbonyl (C=O) groups excluding carboxylic acids is 1. The van der Waals surface area contributed by atoms with E-state index in [1.807, 2.05) is 19.3 Å². The van der Waals surface area contributed by atoms with Crippen LogP contribution >= 0.6 is 0 Å². The fourth-order valence-electron chi connectivity index (χ4n) is 2.11. The van der Waals surface area contributed by atoms with E-state index >= 15 is 0 Å². The fourth-order valence-corrected chi connectivity index (χ4v) is 2.11. The molecule has 2 aromatic rings. The van der Waals surface area contributed by atoms with Crippen molar-refractivity contribution in [3.05, 3.63) is 52.5 Å². The molecule has 0 bridgehead atoms. The van der Waals surface area contributed by atoms with Gasteiger partial charge in [0.2, 0.25) is 0 Å². The molecule has 0 aliphatic carbocycles. The summed E-state index contributed by atoms with van der Waals surface area (Å²) in [5.41, 5.74) is 4.93. The first-order chi connectivity index (χ1) is 10.1. The number of nitrogens with zero attached hydrogens (tertiary/aromatic N) is 1. The van der Waals surface area contributed by atoms with Gasteiger partial charge in [0, 0.05) is 5.56 Å². The highest BCUT2D eigenvalue weighted by Crippen LogP contribution is 2.26. The average molecular weight is 285 g/mol. The summed E-state index contributed by atoms with van der Waals surface area (Å²) in [5, 5.41) is 8.92. The molecule has 6 nitrogen and oxygen atoms in total. The molecule has 0 fully saturated rings. The molecule has 1 aromatic carbocycles. The van der Waals surface area contributed by atoms with Gasteiger partial charge in [0.05, 0.1) is 17.9 Å². The zero-order chi connectivity index (χ0) is 15.4. The summed E-state index contributed by atoms with van der Waals surface area (Å²) in [5.74, 6) is 5.40. The number of nitrogen functional groups attached to an aromatic ring is 1. The largest absolute Gasteiger partial charge is 0.488 e. The van der Waals surface area contributed by atoms with Gasteiger partial charge < -0.3 is 9.15 Å². The van der Waals surface area contributed by atoms with E-state index in [1.165, 1.54) is 6.26 Å². The number of nitrogens with two attached hydrogens (primary N) is 1. The van der Waals surface area contributed by atoms with E-state index in [0.717, 1.165) is 11.1 Å². The number of ether oxygens (including phenoxy) is 1. The number of nitriles is 1. The highest BCUT2D eigenvalue weighted by atomic mass is 16.5. The molecule has 0 aliphatic heterocycles. The Bertz CT molecular complexity index is 690. The number of aryl methyl sites for hydroxylation is 2. The van der Waals surface area contributed by atoms with Crippen LogP contribution in [0.3, 0.4) is 0 Å². The SMILES string of the molecule is Cc1cc(C#N)cc(C)c1OCc1ccoc1C(=O)NN. The number of hydrogen-bond acceptors (Lipinski definition) is 5. The molecule has 108 valence electrons. The van der Waals surface area contributed by atoms with E-state index in [0.29, 0.717) is 16.9 Å². The summed E-state index contributed by atoms with van der Waals surface area (Å²) < 4.78 is 10.8. The Morgan fingerprint density at radius 2 is 2.10 bits per heavy atom. The minimum absolute atomic E-state index is 0.126. The highest BCUT2D eigenvalue weighted by Gasteiger charge is 2.15. The lowest BCUT2D eigenvalue weighted by atomic mass is 10.1. The third-order valence-corrected chi connectivity index (χ3v) is 3.05. The van der Waals surface area contributed by atoms with Crippen LogP contribution in [-0.4, -0.2) is 5.91 Å². The lowest BCUT2D eigenvalue weighted by Crippen LogP contribution is -2.30. The maximum Gasteiger partial charge on any atom is 0.301 e. The van der Waals surface area contributed by atoms with Crippen LogP contribution < -0.4 is 16.0 Å². The Morgan fingerprint density at radius 3 is 2.67 bits per heavy atom. The van der Waals surface area contributed by atoms with E-state index < -0.39 is 5.91 Å². The molecular weight excluding hydrogens is 270 g/mol. The molecule has 0 radical (unpaired) electrons. The van der Waals surface area contributed by atoms with Crippen molar-refractivity contribution in [2.24, 2.45) is 5.84 Å². The Morgan fingerprint density at radius 1 is 1.43 bits per heavy atom. The lowest BCUT2D eigenvalue weighted by molar-refractivity contribution is 0.0922. The molecule has 1 aromatic heterocycles. The van der Waals surface area contributed by atoms with Crippen molar-refractivity contribution in [1.82, 2.24) is 5.43 Å². The maximum atomic E-state index is 11.5. The Kier molecular flexibility index (Phi) is 4.26. The van der Waals surface area contributed by atoms with Gasteiger partial charge >= 0.3 is 5.91 Å². The molecule has 0 spiro atoms. The fraction of sp³-hybridized carbons (Fsp3) is 0.200. The van der Waals surface area contributed by atoms with Crippen molar-refractivity contribution in [3.8, 4) is 11.8 Å². The smallest absolute Gasteiger partial charge is 0.301 e. The monoisotopic (exact) mass is 285 g/mol. The second-order valence-electron chi connectivity index (χ2n) is 4.59. The van der Waals surface area contributed by atoms with Crippen molar-refractivity contribution >= 4 is 5.91 Å². The van der Waals surface area contributed by atoms with Crippen molar-refractivity contribution in [2.75, 3.05) is 0 Å². The van der Waals surface area contributed by atoms with E-state index in [9.17, 15) is 4.79 Å². The van der Waals surface area contributed by atoms with E-state index in [-0.39, 0.29) is 12.4 Å². The minimum atomic E-state index is -0.508. The van der Waals surface area contributed by atoms with E-state index in [1.54, 1.807) is 18.2 Å². The number of carbonyl (C=O) groups is 1. The number of benzene rings is 1. The Hall–Kier alpha value is -2.78. The van der Waals surface area contributed by atoms with Gasteiger partial charge in [-0.25, -0.2) is 5.84 Å². The first kappa shape index (κ1) is 14.6. The second-order valence-corrected chi connectivity index (χ2v) is 4.59. The van der Waals surface area contributed by atoms with Crippen molar-refractivity contribution < 1.29 is 13.9 Å². The molecule has 6 heteroatoms. The first-order valence-electron chi connectivity index (χ1n) is 6.28. The number of hydrogen-bond donors (Lipinski definition) is 2. The lowest BCUT2D eigenvalue weighted by Gasteiger charge is -2.12. The van der Waals surface area contributed by atoms with Gasteiger partial charge in [-0.3, -0.25) is 10.2 Å². The first-order valence-corrected chi connectivity index (χ1v) is 6.28. The van der Waals surface area contributed by atoms with Gasteiger partial charge in [-0.15, -0.1) is 0 Å². The predicted molar refractivity (Wildman–Crippen MR) is 75.3 cm³/mol. The predicted octanol–water partition coefficient (Wildman–Crippen LogP) is 1.95. The zero-order valence-corrected chi connectivity index (χ0v) is 11.8. The van der Waals surface area contributed by atoms with Gasteiger partial charge in [-0.1, -0.05) is 0 Å². The van der Waals surface area contributed by atoms with Crippen LogP contribution in [0.15, 0.2) is 28.9 Å². The molecule has 2 rings (SSSR count). The number of furan rings is 1. The van der Waals surface area contributed by atoms with Crippen molar-refractivity contribution in [2.45, 2.75) is 20.5 Å². The molecule has 0 unspecified atom stereocenters. The van der Waals surface area contributed by atoms with Crippen LogP contribution in [0.2, 0.25) is 0 Å². The molecule has 0 saturated carbocycles. The van der Waals surface area contributed by atoms with Gasteiger partial charge in [0.1, 0.15) is 12.4 Å². The van der Waals surface area contributed by atoms with E-state index in [2.05, 4.69) is 6.07 Å². The van der Waals surface area contributed by atoms with Gasteiger partial charge in [-0.05, 0) is 43.2 Å². The number of amides is 1. The van der Waals surface area contributed by atoms with Crippen LogP contribution in [0, 0.1) is 25.2 Å². The van der Waals surface area contributed by atoms with Crippen LogP contribution in [0.25, 0.3) is 0 Å². The Balaban J connectivity index is 2.20. The minimum Gasteiger partial charge on any atom is -0.488 e. The number of rotatable bonds is 4. The van der Waals surface area contributed by atoms with Crippen molar-refractivity contribution in [1.29, 1.82) is 5.26 Å². The van der Waals surface area contributed by atoms with Gasteiger partial charge in [-0.2, -0.15) is 5.26 Å². The van der Waals surface area contributed by atoms with E-state index in [4.69, 9.17) is 20.3 Å². The molecule has 21 heavy (non-hydrogen) atoms. The summed E-state index contributed by atoms with van der Waals surface area (Å²) in [4.78, 5) is 11.5.